The molecule has 1 N–H and O–H groups in total. The maximum atomic E-state index is 12.4. The summed E-state index contributed by atoms with van der Waals surface area (Å²) in [5, 5.41) is 9.24. The van der Waals surface area contributed by atoms with Crippen molar-refractivity contribution in [3.63, 3.8) is 0 Å². The van der Waals surface area contributed by atoms with Gasteiger partial charge in [-0.2, -0.15) is 13.2 Å². The Morgan fingerprint density at radius 3 is 2.44 bits per heavy atom. The van der Waals surface area contributed by atoms with E-state index in [1.54, 1.807) is 0 Å². The Labute approximate surface area is 108 Å². The van der Waals surface area contributed by atoms with Crippen LogP contribution in [0.5, 0.6) is 0 Å². The van der Waals surface area contributed by atoms with Crippen molar-refractivity contribution in [2.45, 2.75) is 44.9 Å². The van der Waals surface area contributed by atoms with E-state index in [1.165, 1.54) is 0 Å². The van der Waals surface area contributed by atoms with Crippen LogP contribution < -0.4 is 0 Å². The first-order chi connectivity index (χ1) is 8.38. The minimum absolute atomic E-state index is 0.0720. The fraction of sp³-hybridized carbons (Fsp3) is 0.750. The second-order valence-electron chi connectivity index (χ2n) is 5.03. The molecule has 18 heavy (non-hydrogen) atoms. The van der Waals surface area contributed by atoms with Crippen molar-refractivity contribution in [1.29, 1.82) is 0 Å². The highest BCUT2D eigenvalue weighted by Gasteiger charge is 2.36. The molecule has 2 rings (SSSR count). The van der Waals surface area contributed by atoms with E-state index < -0.39 is 17.3 Å². The maximum Gasteiger partial charge on any atom is 0.443 e. The maximum absolute atomic E-state index is 12.4. The molecule has 0 amide bonds. The zero-order valence-electron chi connectivity index (χ0n) is 10.1. The lowest BCUT2D eigenvalue weighted by Gasteiger charge is -2.29. The molecule has 1 aromatic rings. The van der Waals surface area contributed by atoms with Crippen LogP contribution in [0.25, 0.3) is 0 Å². The molecule has 102 valence electrons. The van der Waals surface area contributed by atoms with Crippen LogP contribution in [-0.4, -0.2) is 10.1 Å². The molecule has 6 heteroatoms. The van der Waals surface area contributed by atoms with Gasteiger partial charge in [0, 0.05) is 6.20 Å². The SMILES string of the molecule is CC1CCC(C(O)c2cnc(C(F)(F)F)s2)CC1. The Morgan fingerprint density at radius 1 is 1.33 bits per heavy atom. The number of nitrogens with zero attached hydrogens (tertiary/aromatic N) is 1. The first kappa shape index (κ1) is 13.8. The monoisotopic (exact) mass is 279 g/mol. The lowest BCUT2D eigenvalue weighted by molar-refractivity contribution is -0.137. The number of hydrogen-bond donors (Lipinski definition) is 1. The largest absolute Gasteiger partial charge is 0.443 e. The van der Waals surface area contributed by atoms with Crippen molar-refractivity contribution >= 4 is 11.3 Å². The van der Waals surface area contributed by atoms with Gasteiger partial charge in [-0.15, -0.1) is 11.3 Å². The molecule has 1 heterocycles. The molecule has 0 aliphatic heterocycles. The predicted molar refractivity (Wildman–Crippen MR) is 63.2 cm³/mol. The van der Waals surface area contributed by atoms with Gasteiger partial charge in [0.1, 0.15) is 0 Å². The van der Waals surface area contributed by atoms with Crippen LogP contribution >= 0.6 is 11.3 Å². The minimum atomic E-state index is -4.41. The van der Waals surface area contributed by atoms with Gasteiger partial charge in [-0.3, -0.25) is 0 Å². The summed E-state index contributed by atoms with van der Waals surface area (Å²) in [5.41, 5.74) is 0. The molecule has 1 unspecified atom stereocenters. The van der Waals surface area contributed by atoms with Crippen molar-refractivity contribution in [3.05, 3.63) is 16.1 Å². The predicted octanol–water partition coefficient (Wildman–Crippen LogP) is 4.02. The number of hydrogen-bond acceptors (Lipinski definition) is 3. The van der Waals surface area contributed by atoms with Crippen molar-refractivity contribution in [2.24, 2.45) is 11.8 Å². The number of alkyl halides is 3. The van der Waals surface area contributed by atoms with E-state index in [-0.39, 0.29) is 5.92 Å². The summed E-state index contributed by atoms with van der Waals surface area (Å²) in [7, 11) is 0. The van der Waals surface area contributed by atoms with Crippen LogP contribution in [0.1, 0.15) is 48.6 Å². The number of aliphatic hydroxyl groups is 1. The molecule has 1 atom stereocenters. The second kappa shape index (κ2) is 5.17. The zero-order chi connectivity index (χ0) is 13.3. The minimum Gasteiger partial charge on any atom is -0.387 e. The molecule has 0 saturated heterocycles. The third-order valence-electron chi connectivity index (χ3n) is 3.56. The van der Waals surface area contributed by atoms with Crippen LogP contribution in [0, 0.1) is 11.8 Å². The van der Waals surface area contributed by atoms with Crippen LogP contribution in [0.15, 0.2) is 6.20 Å². The average molecular weight is 279 g/mol. The fourth-order valence-electron chi connectivity index (χ4n) is 2.39. The summed E-state index contributed by atoms with van der Waals surface area (Å²) in [5.74, 6) is 0.725. The zero-order valence-corrected chi connectivity index (χ0v) is 10.9. The molecule has 2 nitrogen and oxygen atoms in total. The van der Waals surface area contributed by atoms with Gasteiger partial charge in [-0.25, -0.2) is 4.98 Å². The van der Waals surface area contributed by atoms with Gasteiger partial charge in [0.05, 0.1) is 11.0 Å². The van der Waals surface area contributed by atoms with Gasteiger partial charge in [0.15, 0.2) is 5.01 Å². The van der Waals surface area contributed by atoms with Crippen molar-refractivity contribution in [3.8, 4) is 0 Å². The van der Waals surface area contributed by atoms with Gasteiger partial charge in [-0.05, 0) is 24.7 Å². The van der Waals surface area contributed by atoms with Crippen molar-refractivity contribution < 1.29 is 18.3 Å². The molecular formula is C12H16F3NOS. The van der Waals surface area contributed by atoms with Crippen LogP contribution in [0.4, 0.5) is 13.2 Å². The highest BCUT2D eigenvalue weighted by atomic mass is 32.1. The van der Waals surface area contributed by atoms with E-state index in [0.29, 0.717) is 22.1 Å². The van der Waals surface area contributed by atoms with E-state index in [0.717, 1.165) is 31.9 Å². The number of thiazole rings is 1. The van der Waals surface area contributed by atoms with Crippen LogP contribution in [0.2, 0.25) is 0 Å². The Morgan fingerprint density at radius 2 is 1.94 bits per heavy atom. The molecule has 0 radical (unpaired) electrons. The Hall–Kier alpha value is -0.620. The fourth-order valence-corrected chi connectivity index (χ4v) is 3.25. The highest BCUT2D eigenvalue weighted by molar-refractivity contribution is 7.11. The van der Waals surface area contributed by atoms with E-state index in [1.807, 2.05) is 0 Å². The Kier molecular flexibility index (Phi) is 3.96. The highest BCUT2D eigenvalue weighted by Crippen LogP contribution is 2.40. The summed E-state index contributed by atoms with van der Waals surface area (Å²) in [4.78, 5) is 3.69. The summed E-state index contributed by atoms with van der Waals surface area (Å²) < 4.78 is 37.3. The second-order valence-corrected chi connectivity index (χ2v) is 6.09. The number of aliphatic hydroxyl groups excluding tert-OH is 1. The summed E-state index contributed by atoms with van der Waals surface area (Å²) in [6.07, 6.45) is -0.228. The van der Waals surface area contributed by atoms with Gasteiger partial charge in [0.2, 0.25) is 0 Å². The van der Waals surface area contributed by atoms with Crippen LogP contribution in [-0.2, 0) is 6.18 Å². The standard InChI is InChI=1S/C12H16F3NOS/c1-7-2-4-8(5-3-7)10(17)9-6-16-11(18-9)12(13,14)15/h6-8,10,17H,2-5H2,1H3. The molecule has 1 saturated carbocycles. The number of halogens is 3. The lowest BCUT2D eigenvalue weighted by Crippen LogP contribution is -2.18. The van der Waals surface area contributed by atoms with E-state index in [9.17, 15) is 18.3 Å². The van der Waals surface area contributed by atoms with E-state index in [2.05, 4.69) is 11.9 Å². The smallest absolute Gasteiger partial charge is 0.387 e. The van der Waals surface area contributed by atoms with E-state index in [4.69, 9.17) is 0 Å². The summed E-state index contributed by atoms with van der Waals surface area (Å²) >= 11 is 0.556. The Bertz CT molecular complexity index is 396. The number of rotatable bonds is 2. The first-order valence-electron chi connectivity index (χ1n) is 6.09. The lowest BCUT2D eigenvalue weighted by atomic mass is 9.80. The topological polar surface area (TPSA) is 33.1 Å². The van der Waals surface area contributed by atoms with Gasteiger partial charge in [0.25, 0.3) is 0 Å². The van der Waals surface area contributed by atoms with Crippen molar-refractivity contribution in [1.82, 2.24) is 4.98 Å². The molecule has 1 aromatic heterocycles. The van der Waals surface area contributed by atoms with Gasteiger partial charge in [-0.1, -0.05) is 19.8 Å². The molecular weight excluding hydrogens is 263 g/mol. The molecule has 0 spiro atoms. The summed E-state index contributed by atoms with van der Waals surface area (Å²) in [6.45, 7) is 2.16. The van der Waals surface area contributed by atoms with Crippen molar-refractivity contribution in [2.75, 3.05) is 0 Å². The van der Waals surface area contributed by atoms with Gasteiger partial charge < -0.3 is 5.11 Å². The molecule has 0 aromatic carbocycles. The molecule has 1 fully saturated rings. The quantitative estimate of drug-likeness (QED) is 0.887. The number of aromatic nitrogens is 1. The third kappa shape index (κ3) is 3.03. The molecule has 0 bridgehead atoms. The molecule has 1 aliphatic rings. The average Bonchev–Trinajstić information content (AvgIpc) is 2.78. The normalized spacial score (nSPS) is 27.2. The summed E-state index contributed by atoms with van der Waals surface area (Å²) in [6, 6.07) is 0. The molecule has 1 aliphatic carbocycles. The van der Waals surface area contributed by atoms with E-state index >= 15 is 0 Å². The van der Waals surface area contributed by atoms with Crippen LogP contribution in [0.3, 0.4) is 0 Å². The van der Waals surface area contributed by atoms with Gasteiger partial charge >= 0.3 is 6.18 Å². The Balaban J connectivity index is 2.05. The first-order valence-corrected chi connectivity index (χ1v) is 6.90. The third-order valence-corrected chi connectivity index (χ3v) is 4.68.